The van der Waals surface area contributed by atoms with Crippen LogP contribution in [0.15, 0.2) is 4.47 Å². The summed E-state index contributed by atoms with van der Waals surface area (Å²) in [5.41, 5.74) is 2.00. The van der Waals surface area contributed by atoms with Gasteiger partial charge in [0.15, 0.2) is 0 Å². The number of aryl methyl sites for hydroxylation is 2. The minimum atomic E-state index is -0.792. The lowest BCUT2D eigenvalue weighted by Crippen LogP contribution is -2.17. The van der Waals surface area contributed by atoms with Gasteiger partial charge in [-0.3, -0.25) is 9.48 Å². The molecule has 1 aromatic rings. The smallest absolute Gasteiger partial charge is 0.303 e. The summed E-state index contributed by atoms with van der Waals surface area (Å²) in [7, 11) is 1.92. The van der Waals surface area contributed by atoms with Gasteiger partial charge in [0.1, 0.15) is 0 Å². The summed E-state index contributed by atoms with van der Waals surface area (Å²) in [4.78, 5) is 10.6. The molecule has 1 saturated heterocycles. The minimum Gasteiger partial charge on any atom is -0.481 e. The molecule has 0 bridgehead atoms. The molecular formula is C12H17BrN2O3. The highest BCUT2D eigenvalue weighted by Gasteiger charge is 2.24. The average Bonchev–Trinajstić information content (AvgIpc) is 2.63. The third kappa shape index (κ3) is 2.92. The minimum absolute atomic E-state index is 0.114. The number of rotatable bonds is 4. The molecule has 1 N–H and O–H groups in total. The van der Waals surface area contributed by atoms with Crippen LogP contribution in [-0.4, -0.2) is 34.1 Å². The van der Waals surface area contributed by atoms with Crippen LogP contribution in [-0.2, 0) is 23.0 Å². The molecule has 5 nitrogen and oxygen atoms in total. The van der Waals surface area contributed by atoms with E-state index in [1.54, 1.807) is 0 Å². The van der Waals surface area contributed by atoms with E-state index in [2.05, 4.69) is 21.0 Å². The highest BCUT2D eigenvalue weighted by atomic mass is 79.9. The van der Waals surface area contributed by atoms with Crippen LogP contribution >= 0.6 is 15.9 Å². The number of nitrogens with zero attached hydrogens (tertiary/aromatic N) is 2. The van der Waals surface area contributed by atoms with Crippen LogP contribution in [0.3, 0.4) is 0 Å². The Kier molecular flexibility index (Phi) is 4.40. The first-order valence-corrected chi connectivity index (χ1v) is 6.89. The number of carboxylic acid groups (broad SMARTS) is 1. The zero-order valence-electron chi connectivity index (χ0n) is 10.4. The van der Waals surface area contributed by atoms with Crippen molar-refractivity contribution in [2.75, 3.05) is 13.2 Å². The highest BCUT2D eigenvalue weighted by Crippen LogP contribution is 2.34. The molecule has 0 aromatic carbocycles. The summed E-state index contributed by atoms with van der Waals surface area (Å²) in [6, 6.07) is 0. The zero-order chi connectivity index (χ0) is 13.1. The SMILES string of the molecule is Cn1nc(CCC(=O)O)c(Br)c1C1CCOCC1. The Bertz CT molecular complexity index is 439. The van der Waals surface area contributed by atoms with Gasteiger partial charge in [-0.2, -0.15) is 5.10 Å². The van der Waals surface area contributed by atoms with Crippen molar-refractivity contribution in [3.05, 3.63) is 15.9 Å². The Morgan fingerprint density at radius 1 is 1.56 bits per heavy atom. The van der Waals surface area contributed by atoms with E-state index >= 15 is 0 Å². The van der Waals surface area contributed by atoms with Gasteiger partial charge in [0.05, 0.1) is 22.3 Å². The fourth-order valence-electron chi connectivity index (χ4n) is 2.37. The van der Waals surface area contributed by atoms with Crippen molar-refractivity contribution >= 4 is 21.9 Å². The van der Waals surface area contributed by atoms with Gasteiger partial charge in [-0.15, -0.1) is 0 Å². The molecule has 0 radical (unpaired) electrons. The first-order chi connectivity index (χ1) is 8.59. The molecule has 0 amide bonds. The predicted octanol–water partition coefficient (Wildman–Crippen LogP) is 2.09. The summed E-state index contributed by atoms with van der Waals surface area (Å²) in [5.74, 6) is -0.343. The average molecular weight is 317 g/mol. The van der Waals surface area contributed by atoms with E-state index in [0.717, 1.165) is 36.2 Å². The molecule has 1 aliphatic rings. The Hall–Kier alpha value is -0.880. The topological polar surface area (TPSA) is 64.4 Å². The van der Waals surface area contributed by atoms with Crippen LogP contribution in [0.2, 0.25) is 0 Å². The number of aliphatic carboxylic acids is 1. The third-order valence-corrected chi connectivity index (χ3v) is 4.15. The number of hydrogen-bond donors (Lipinski definition) is 1. The van der Waals surface area contributed by atoms with Gasteiger partial charge >= 0.3 is 5.97 Å². The second-order valence-corrected chi connectivity index (χ2v) is 5.34. The maximum absolute atomic E-state index is 10.6. The second-order valence-electron chi connectivity index (χ2n) is 4.55. The molecule has 0 saturated carbocycles. The summed E-state index contributed by atoms with van der Waals surface area (Å²) in [6.45, 7) is 1.57. The van der Waals surface area contributed by atoms with Gasteiger partial charge in [-0.25, -0.2) is 0 Å². The van der Waals surface area contributed by atoms with Gasteiger partial charge in [-0.05, 0) is 28.8 Å². The Balaban J connectivity index is 2.17. The summed E-state index contributed by atoms with van der Waals surface area (Å²) in [6.07, 6.45) is 2.57. The van der Waals surface area contributed by atoms with Crippen molar-refractivity contribution in [1.29, 1.82) is 0 Å². The van der Waals surface area contributed by atoms with Crippen LogP contribution in [0.4, 0.5) is 0 Å². The molecule has 0 unspecified atom stereocenters. The standard InChI is InChI=1S/C12H17BrN2O3/c1-15-12(8-4-6-18-7-5-8)11(13)9(14-15)2-3-10(16)17/h8H,2-7H2,1H3,(H,16,17). The van der Waals surface area contributed by atoms with Crippen molar-refractivity contribution in [3.8, 4) is 0 Å². The highest BCUT2D eigenvalue weighted by molar-refractivity contribution is 9.10. The van der Waals surface area contributed by atoms with E-state index in [4.69, 9.17) is 9.84 Å². The number of hydrogen-bond acceptors (Lipinski definition) is 3. The van der Waals surface area contributed by atoms with Gasteiger partial charge in [0.25, 0.3) is 0 Å². The second kappa shape index (κ2) is 5.84. The molecule has 100 valence electrons. The Morgan fingerprint density at radius 2 is 2.22 bits per heavy atom. The first kappa shape index (κ1) is 13.5. The van der Waals surface area contributed by atoms with Gasteiger partial charge in [-0.1, -0.05) is 0 Å². The number of aromatic nitrogens is 2. The Labute approximate surface area is 114 Å². The third-order valence-electron chi connectivity index (χ3n) is 3.28. The molecule has 2 rings (SSSR count). The molecule has 2 heterocycles. The van der Waals surface area contributed by atoms with E-state index in [-0.39, 0.29) is 6.42 Å². The molecule has 0 aliphatic carbocycles. The van der Waals surface area contributed by atoms with Crippen molar-refractivity contribution in [2.24, 2.45) is 7.05 Å². The molecule has 1 fully saturated rings. The molecule has 1 aromatic heterocycles. The van der Waals surface area contributed by atoms with Crippen molar-refractivity contribution < 1.29 is 14.6 Å². The zero-order valence-corrected chi connectivity index (χ0v) is 11.9. The van der Waals surface area contributed by atoms with E-state index < -0.39 is 5.97 Å². The van der Waals surface area contributed by atoms with Crippen LogP contribution in [0.25, 0.3) is 0 Å². The van der Waals surface area contributed by atoms with Crippen molar-refractivity contribution in [1.82, 2.24) is 9.78 Å². The normalized spacial score (nSPS) is 17.0. The molecule has 6 heteroatoms. The Morgan fingerprint density at radius 3 is 2.83 bits per heavy atom. The van der Waals surface area contributed by atoms with E-state index in [1.165, 1.54) is 5.69 Å². The van der Waals surface area contributed by atoms with Crippen LogP contribution < -0.4 is 0 Å². The van der Waals surface area contributed by atoms with Crippen LogP contribution in [0, 0.1) is 0 Å². The van der Waals surface area contributed by atoms with E-state index in [0.29, 0.717) is 12.3 Å². The maximum Gasteiger partial charge on any atom is 0.303 e. The molecule has 0 atom stereocenters. The van der Waals surface area contributed by atoms with E-state index in [9.17, 15) is 4.79 Å². The van der Waals surface area contributed by atoms with Crippen LogP contribution in [0.5, 0.6) is 0 Å². The lowest BCUT2D eigenvalue weighted by Gasteiger charge is -2.22. The monoisotopic (exact) mass is 316 g/mol. The number of carbonyl (C=O) groups is 1. The summed E-state index contributed by atoms with van der Waals surface area (Å²) < 4.78 is 8.21. The molecule has 1 aliphatic heterocycles. The summed E-state index contributed by atoms with van der Waals surface area (Å²) >= 11 is 3.57. The van der Waals surface area contributed by atoms with Crippen molar-refractivity contribution in [3.63, 3.8) is 0 Å². The first-order valence-electron chi connectivity index (χ1n) is 6.10. The molecule has 0 spiro atoms. The van der Waals surface area contributed by atoms with Gasteiger partial charge in [0, 0.05) is 32.6 Å². The van der Waals surface area contributed by atoms with E-state index in [1.807, 2.05) is 11.7 Å². The van der Waals surface area contributed by atoms with Gasteiger partial charge < -0.3 is 9.84 Å². The predicted molar refractivity (Wildman–Crippen MR) is 69.7 cm³/mol. The van der Waals surface area contributed by atoms with Crippen molar-refractivity contribution in [2.45, 2.75) is 31.6 Å². The summed E-state index contributed by atoms with van der Waals surface area (Å²) in [5, 5.41) is 13.1. The number of carboxylic acids is 1. The number of ether oxygens (including phenoxy) is 1. The fraction of sp³-hybridized carbons (Fsp3) is 0.667. The quantitative estimate of drug-likeness (QED) is 0.923. The number of halogens is 1. The largest absolute Gasteiger partial charge is 0.481 e. The lowest BCUT2D eigenvalue weighted by molar-refractivity contribution is -0.136. The molecular weight excluding hydrogens is 300 g/mol. The lowest BCUT2D eigenvalue weighted by atomic mass is 9.96. The van der Waals surface area contributed by atoms with Crippen LogP contribution in [0.1, 0.15) is 36.6 Å². The molecule has 18 heavy (non-hydrogen) atoms. The maximum atomic E-state index is 10.6. The van der Waals surface area contributed by atoms with Gasteiger partial charge in [0.2, 0.25) is 0 Å². The fourth-order valence-corrected chi connectivity index (χ4v) is 3.23.